The van der Waals surface area contributed by atoms with Gasteiger partial charge in [0, 0.05) is 66.7 Å². The maximum absolute atomic E-state index is 8.74. The Bertz CT molecular complexity index is 1210. The quantitative estimate of drug-likeness (QED) is 0.727. The van der Waals surface area contributed by atoms with Crippen molar-refractivity contribution in [2.75, 3.05) is 13.5 Å². The van der Waals surface area contributed by atoms with E-state index in [0.29, 0.717) is 17.3 Å². The fourth-order valence-electron chi connectivity index (χ4n) is 3.08. The fourth-order valence-corrected chi connectivity index (χ4v) is 3.08. The Morgan fingerprint density at radius 1 is 1.25 bits per heavy atom. The third-order valence-electron chi connectivity index (χ3n) is 4.33. The lowest BCUT2D eigenvalue weighted by molar-refractivity contribution is 0.309. The Labute approximate surface area is 156 Å². The Kier molecular flexibility index (Phi) is 2.10. The number of hydrogen-bond acceptors (Lipinski definition) is 2. The summed E-state index contributed by atoms with van der Waals surface area (Å²) in [4.78, 5) is 4.34. The summed E-state index contributed by atoms with van der Waals surface area (Å²) < 4.78 is 76.9. The smallest absolute Gasteiger partial charge is 0.0486 e. The molecule has 1 aliphatic rings. The molecule has 3 heteroatoms. The first-order chi connectivity index (χ1) is 15.1. The summed E-state index contributed by atoms with van der Waals surface area (Å²) in [5.74, 6) is 0. The lowest BCUT2D eigenvalue weighted by Crippen LogP contribution is -2.27. The van der Waals surface area contributed by atoms with Gasteiger partial charge in [-0.3, -0.25) is 4.98 Å². The van der Waals surface area contributed by atoms with Gasteiger partial charge in [-0.05, 0) is 56.6 Å². The number of likely N-dealkylation sites (N-methyl/N-ethyl adjacent to an activating group) is 1. The normalized spacial score (nSPS) is 27.3. The van der Waals surface area contributed by atoms with Crippen LogP contribution in [0, 0.1) is 13.8 Å². The molecule has 1 aromatic carbocycles. The predicted octanol–water partition coefficient (Wildman–Crippen LogP) is 3.88. The lowest BCUT2D eigenvalue weighted by atomic mass is 10.0. The first-order valence-electron chi connectivity index (χ1n) is 12.5. The van der Waals surface area contributed by atoms with Crippen molar-refractivity contribution >= 4 is 10.9 Å². The number of hydrogen-bond donors (Lipinski definition) is 0. The number of rotatable bonds is 3. The number of nitrogens with zero attached hydrogens (tertiary/aromatic N) is 3. The monoisotopic (exact) mass is 328 g/mol. The molecule has 1 aliphatic heterocycles. The summed E-state index contributed by atoms with van der Waals surface area (Å²) in [6.07, 6.45) is -0.621. The largest absolute Gasteiger partial charge is 0.344 e. The van der Waals surface area contributed by atoms with Gasteiger partial charge in [-0.1, -0.05) is 17.7 Å². The first kappa shape index (κ1) is 8.30. The summed E-state index contributed by atoms with van der Waals surface area (Å²) in [5.41, 5.74) is 2.78. The number of pyridine rings is 1. The van der Waals surface area contributed by atoms with E-state index in [1.54, 1.807) is 22.9 Å². The van der Waals surface area contributed by atoms with Gasteiger partial charge in [0.05, 0.1) is 0 Å². The topological polar surface area (TPSA) is 21.1 Å². The van der Waals surface area contributed by atoms with Crippen LogP contribution in [0.15, 0.2) is 36.5 Å². The SMILES string of the molecule is [2H]C([2H])([2H])N1C([2H])([2H])c2c(n(CCc3ccc(C)nc3)c3ccc(C)cc23)C([2H])([2H])C1([2H])[2H]. The van der Waals surface area contributed by atoms with Crippen molar-refractivity contribution in [2.24, 2.45) is 0 Å². The minimum atomic E-state index is -3.20. The molecule has 3 heterocycles. The second-order valence-corrected chi connectivity index (χ2v) is 6.14. The van der Waals surface area contributed by atoms with Gasteiger partial charge in [-0.15, -0.1) is 0 Å². The highest BCUT2D eigenvalue weighted by Crippen LogP contribution is 2.31. The molecule has 0 N–H and O–H groups in total. The molecule has 4 rings (SSSR count). The van der Waals surface area contributed by atoms with Crippen LogP contribution in [0.25, 0.3) is 10.9 Å². The summed E-state index contributed by atoms with van der Waals surface area (Å²) in [7, 11) is 0. The zero-order chi connectivity index (χ0) is 24.6. The van der Waals surface area contributed by atoms with E-state index in [2.05, 4.69) is 4.98 Å². The minimum absolute atomic E-state index is 0.0609. The van der Waals surface area contributed by atoms with E-state index in [4.69, 9.17) is 12.3 Å². The van der Waals surface area contributed by atoms with Gasteiger partial charge < -0.3 is 9.47 Å². The molecule has 0 fully saturated rings. The van der Waals surface area contributed by atoms with E-state index in [9.17, 15) is 0 Å². The van der Waals surface area contributed by atoms with Crippen LogP contribution in [-0.4, -0.2) is 27.9 Å². The molecule has 3 aromatic rings. The second-order valence-electron chi connectivity index (χ2n) is 6.14. The van der Waals surface area contributed by atoms with Crippen LogP contribution in [0.4, 0.5) is 0 Å². The molecule has 24 heavy (non-hydrogen) atoms. The van der Waals surface area contributed by atoms with Crippen LogP contribution in [0.5, 0.6) is 0 Å². The van der Waals surface area contributed by atoms with Crippen LogP contribution in [0.1, 0.15) is 40.4 Å². The molecule has 0 amide bonds. The van der Waals surface area contributed by atoms with Gasteiger partial charge >= 0.3 is 0 Å². The summed E-state index contributed by atoms with van der Waals surface area (Å²) >= 11 is 0. The van der Waals surface area contributed by atoms with E-state index >= 15 is 0 Å². The molecule has 2 aromatic heterocycles. The van der Waals surface area contributed by atoms with Crippen LogP contribution < -0.4 is 0 Å². The van der Waals surface area contributed by atoms with Gasteiger partial charge in [-0.25, -0.2) is 0 Å². The molecule has 0 aliphatic carbocycles. The first-order valence-corrected chi connectivity index (χ1v) is 7.96. The molecule has 3 nitrogen and oxygen atoms in total. The molecule has 124 valence electrons. The standard InChI is InChI=1S/C21H25N3/c1-15-4-7-20-18(12-15)19-14-23(3)10-9-21(19)24(20)11-8-17-6-5-16(2)22-13-17/h4-7,12-13H,8-11,14H2,1-3H3/i3D3,9D2,10D2,14D2. The summed E-state index contributed by atoms with van der Waals surface area (Å²) in [5, 5.41) is 0.380. The van der Waals surface area contributed by atoms with Crippen molar-refractivity contribution in [3.63, 3.8) is 0 Å². The molecule has 0 saturated carbocycles. The molecule has 0 radical (unpaired) electrons. The van der Waals surface area contributed by atoms with Crippen molar-refractivity contribution in [2.45, 2.75) is 39.7 Å². The molecule has 0 saturated heterocycles. The van der Waals surface area contributed by atoms with Gasteiger partial charge in [0.2, 0.25) is 0 Å². The molecule has 0 spiro atoms. The van der Waals surface area contributed by atoms with Crippen molar-refractivity contribution in [3.8, 4) is 0 Å². The second kappa shape index (κ2) is 6.06. The van der Waals surface area contributed by atoms with E-state index in [-0.39, 0.29) is 22.7 Å². The maximum atomic E-state index is 8.74. The number of benzene rings is 1. The van der Waals surface area contributed by atoms with Crippen molar-refractivity contribution in [1.82, 2.24) is 14.5 Å². The number of aryl methyl sites for hydroxylation is 4. The minimum Gasteiger partial charge on any atom is -0.344 e. The van der Waals surface area contributed by atoms with Crippen LogP contribution in [0.3, 0.4) is 0 Å². The van der Waals surface area contributed by atoms with E-state index in [0.717, 1.165) is 16.8 Å². The molecule has 0 bridgehead atoms. The maximum Gasteiger partial charge on any atom is 0.0486 e. The van der Waals surface area contributed by atoms with E-state index in [1.807, 2.05) is 32.0 Å². The van der Waals surface area contributed by atoms with Crippen molar-refractivity contribution < 1.29 is 12.3 Å². The van der Waals surface area contributed by atoms with E-state index in [1.165, 1.54) is 0 Å². The highest BCUT2D eigenvalue weighted by molar-refractivity contribution is 5.86. The predicted molar refractivity (Wildman–Crippen MR) is 99.4 cm³/mol. The third-order valence-corrected chi connectivity index (χ3v) is 4.33. The molecular weight excluding hydrogens is 294 g/mol. The van der Waals surface area contributed by atoms with Gasteiger partial charge in [0.1, 0.15) is 0 Å². The van der Waals surface area contributed by atoms with Gasteiger partial charge in [0.15, 0.2) is 0 Å². The summed E-state index contributed by atoms with van der Waals surface area (Å²) in [6, 6.07) is 9.04. The fraction of sp³-hybridized carbons (Fsp3) is 0.381. The van der Waals surface area contributed by atoms with E-state index < -0.39 is 26.3 Å². The highest BCUT2D eigenvalue weighted by atomic mass is 15.1. The van der Waals surface area contributed by atoms with Gasteiger partial charge in [0.25, 0.3) is 0 Å². The van der Waals surface area contributed by atoms with Crippen molar-refractivity contribution in [1.29, 1.82) is 0 Å². The summed E-state index contributed by atoms with van der Waals surface area (Å²) in [6.45, 7) is -5.19. The zero-order valence-electron chi connectivity index (χ0n) is 22.7. The average molecular weight is 329 g/mol. The molecule has 0 unspecified atom stereocenters. The third kappa shape index (κ3) is 2.73. The zero-order valence-corrected chi connectivity index (χ0v) is 13.7. The van der Waals surface area contributed by atoms with Gasteiger partial charge in [-0.2, -0.15) is 0 Å². The molecule has 0 atom stereocenters. The Hall–Kier alpha value is -2.13. The highest BCUT2D eigenvalue weighted by Gasteiger charge is 2.22. The number of fused-ring (bicyclic) bond motifs is 3. The van der Waals surface area contributed by atoms with Crippen LogP contribution >= 0.6 is 0 Å². The lowest BCUT2D eigenvalue weighted by Gasteiger charge is -2.24. The average Bonchev–Trinajstić information content (AvgIpc) is 3.00. The van der Waals surface area contributed by atoms with Crippen LogP contribution in [-0.2, 0) is 25.8 Å². The number of aromatic nitrogens is 2. The Morgan fingerprint density at radius 2 is 2.17 bits per heavy atom. The Morgan fingerprint density at radius 3 is 2.96 bits per heavy atom. The van der Waals surface area contributed by atoms with Crippen molar-refractivity contribution in [3.05, 3.63) is 64.6 Å². The Balaban J connectivity index is 2.00. The molecular formula is C21H25N3. The van der Waals surface area contributed by atoms with Crippen LogP contribution in [0.2, 0.25) is 0 Å².